The Morgan fingerprint density at radius 2 is 2.33 bits per heavy atom. The lowest BCUT2D eigenvalue weighted by Crippen LogP contribution is -2.30. The number of aliphatic imine (C=N–C) groups is 1. The van der Waals surface area contributed by atoms with Gasteiger partial charge >= 0.3 is 0 Å². The Morgan fingerprint density at radius 1 is 1.50 bits per heavy atom. The first-order valence-corrected chi connectivity index (χ1v) is 11.0. The summed E-state index contributed by atoms with van der Waals surface area (Å²) in [5, 5.41) is 14.3. The maximum absolute atomic E-state index is 11.2. The second-order valence-corrected chi connectivity index (χ2v) is 8.85. The number of hydrogen-bond acceptors (Lipinski definition) is 8. The molecule has 1 atom stereocenters. The minimum absolute atomic E-state index is 0.111. The van der Waals surface area contributed by atoms with Gasteiger partial charge in [0.15, 0.2) is 5.82 Å². The third-order valence-electron chi connectivity index (χ3n) is 4.55. The van der Waals surface area contributed by atoms with E-state index in [2.05, 4.69) is 22.2 Å². The second kappa shape index (κ2) is 9.80. The molecule has 0 aliphatic carbocycles. The zero-order valence-electron chi connectivity index (χ0n) is 17.4. The van der Waals surface area contributed by atoms with Crippen LogP contribution in [-0.2, 0) is 10.5 Å². The number of nitrogens with zero attached hydrogens (tertiary/aromatic N) is 4. The number of nitrogens with one attached hydrogen (secondary N) is 1. The smallest absolute Gasteiger partial charge is 0.274 e. The molecule has 3 heterocycles. The number of allylic oxidation sites excluding steroid dienone is 1. The summed E-state index contributed by atoms with van der Waals surface area (Å²) in [5.74, 6) is 2.71. The zero-order valence-corrected chi connectivity index (χ0v) is 18.3. The summed E-state index contributed by atoms with van der Waals surface area (Å²) in [6.07, 6.45) is 8.43. The molecule has 1 aromatic heterocycles. The number of hydrogen-bond donors (Lipinski definition) is 1. The van der Waals surface area contributed by atoms with E-state index >= 15 is 0 Å². The molecular weight excluding hydrogens is 402 g/mol. The van der Waals surface area contributed by atoms with E-state index in [0.29, 0.717) is 24.9 Å². The minimum atomic E-state index is -0.449. The molecule has 1 N–H and O–H groups in total. The fourth-order valence-electron chi connectivity index (χ4n) is 2.98. The molecule has 160 valence electrons. The standard InChI is InChI=1S/C21H27N5O3S/c1-16-7-10-25(12-18(16)20-24-21(2,3)15-29-20)19(13-26(27)28)23-9-11-30-14-17-6-4-5-8-22-17/h4-8,10,12-13,16,23H,9,11,14-15H2,1-3H3/b19-13+. The van der Waals surface area contributed by atoms with E-state index in [1.807, 2.05) is 50.5 Å². The molecule has 1 unspecified atom stereocenters. The van der Waals surface area contributed by atoms with Crippen molar-refractivity contribution in [3.8, 4) is 0 Å². The van der Waals surface area contributed by atoms with Crippen LogP contribution in [-0.4, -0.2) is 45.1 Å². The molecule has 0 amide bonds. The molecule has 2 aliphatic rings. The van der Waals surface area contributed by atoms with E-state index in [1.165, 1.54) is 0 Å². The molecular formula is C21H27N5O3S. The van der Waals surface area contributed by atoms with Crippen molar-refractivity contribution in [3.63, 3.8) is 0 Å². The van der Waals surface area contributed by atoms with Gasteiger partial charge in [-0.2, -0.15) is 11.8 Å². The van der Waals surface area contributed by atoms with Crippen LogP contribution >= 0.6 is 11.8 Å². The Morgan fingerprint density at radius 3 is 3.00 bits per heavy atom. The van der Waals surface area contributed by atoms with Crippen LogP contribution in [0, 0.1) is 16.0 Å². The van der Waals surface area contributed by atoms with Gasteiger partial charge in [0, 0.05) is 48.1 Å². The fourth-order valence-corrected chi connectivity index (χ4v) is 3.75. The lowest BCUT2D eigenvalue weighted by Gasteiger charge is -2.26. The molecule has 0 saturated carbocycles. The maximum atomic E-state index is 11.2. The van der Waals surface area contributed by atoms with Gasteiger partial charge in [-0.05, 0) is 26.0 Å². The van der Waals surface area contributed by atoms with Gasteiger partial charge in [-0.3, -0.25) is 15.1 Å². The Hall–Kier alpha value is -2.81. The third kappa shape index (κ3) is 6.09. The molecule has 30 heavy (non-hydrogen) atoms. The number of nitro groups is 1. The van der Waals surface area contributed by atoms with Crippen LogP contribution in [0.1, 0.15) is 26.5 Å². The van der Waals surface area contributed by atoms with Gasteiger partial charge in [0.2, 0.25) is 5.90 Å². The second-order valence-electron chi connectivity index (χ2n) is 7.74. The summed E-state index contributed by atoms with van der Waals surface area (Å²) in [4.78, 5) is 21.4. The molecule has 0 bridgehead atoms. The number of thioether (sulfide) groups is 1. The Balaban J connectivity index is 1.63. The first-order chi connectivity index (χ1) is 14.3. The van der Waals surface area contributed by atoms with Crippen molar-refractivity contribution in [2.24, 2.45) is 10.9 Å². The van der Waals surface area contributed by atoms with Crippen molar-refractivity contribution in [2.75, 3.05) is 18.9 Å². The van der Waals surface area contributed by atoms with Gasteiger partial charge in [0.25, 0.3) is 6.20 Å². The first kappa shape index (κ1) is 21.9. The number of ether oxygens (including phenoxy) is 1. The molecule has 2 aliphatic heterocycles. The fraction of sp³-hybridized carbons (Fsp3) is 0.429. The molecule has 3 rings (SSSR count). The van der Waals surface area contributed by atoms with Crippen LogP contribution in [0.4, 0.5) is 0 Å². The van der Waals surface area contributed by atoms with Crippen molar-refractivity contribution in [1.29, 1.82) is 0 Å². The molecule has 8 nitrogen and oxygen atoms in total. The molecule has 1 aromatic rings. The summed E-state index contributed by atoms with van der Waals surface area (Å²) >= 11 is 1.72. The number of aromatic nitrogens is 1. The van der Waals surface area contributed by atoms with Gasteiger partial charge in [0.1, 0.15) is 6.61 Å². The molecule has 0 aromatic carbocycles. The minimum Gasteiger partial charge on any atom is -0.475 e. The quantitative estimate of drug-likeness (QED) is 0.365. The van der Waals surface area contributed by atoms with E-state index < -0.39 is 4.92 Å². The van der Waals surface area contributed by atoms with Crippen molar-refractivity contribution in [1.82, 2.24) is 15.2 Å². The average Bonchev–Trinajstić information content (AvgIpc) is 3.07. The SMILES string of the molecule is CC1C=CN(/C(=C/[N+](=O)[O-])NCCSCc2ccccn2)C=C1C1=NC(C)(C)CO1. The number of rotatable bonds is 9. The Kier molecular flexibility index (Phi) is 7.15. The topological polar surface area (TPSA) is 92.9 Å². The van der Waals surface area contributed by atoms with Crippen molar-refractivity contribution in [3.05, 3.63) is 76.3 Å². The van der Waals surface area contributed by atoms with Gasteiger partial charge in [-0.25, -0.2) is 4.99 Å². The van der Waals surface area contributed by atoms with Crippen LogP contribution in [0.25, 0.3) is 0 Å². The highest BCUT2D eigenvalue weighted by Crippen LogP contribution is 2.28. The van der Waals surface area contributed by atoms with E-state index in [1.54, 1.807) is 22.9 Å². The zero-order chi connectivity index (χ0) is 21.6. The summed E-state index contributed by atoms with van der Waals surface area (Å²) in [7, 11) is 0. The van der Waals surface area contributed by atoms with Gasteiger partial charge in [0.05, 0.1) is 16.2 Å². The van der Waals surface area contributed by atoms with E-state index in [-0.39, 0.29) is 11.5 Å². The largest absolute Gasteiger partial charge is 0.475 e. The van der Waals surface area contributed by atoms with Crippen molar-refractivity contribution < 1.29 is 9.66 Å². The summed E-state index contributed by atoms with van der Waals surface area (Å²) in [5.41, 5.74) is 1.66. The molecule has 0 fully saturated rings. The molecule has 0 radical (unpaired) electrons. The predicted octanol–water partition coefficient (Wildman–Crippen LogP) is 3.54. The van der Waals surface area contributed by atoms with Crippen LogP contribution in [0.5, 0.6) is 0 Å². The summed E-state index contributed by atoms with van der Waals surface area (Å²) in [6, 6.07) is 5.84. The highest BCUT2D eigenvalue weighted by molar-refractivity contribution is 7.98. The Labute approximate surface area is 181 Å². The monoisotopic (exact) mass is 429 g/mol. The average molecular weight is 430 g/mol. The molecule has 9 heteroatoms. The van der Waals surface area contributed by atoms with E-state index in [0.717, 1.165) is 29.0 Å². The van der Waals surface area contributed by atoms with E-state index in [9.17, 15) is 10.1 Å². The summed E-state index contributed by atoms with van der Waals surface area (Å²) in [6.45, 7) is 7.20. The lowest BCUT2D eigenvalue weighted by atomic mass is 9.99. The summed E-state index contributed by atoms with van der Waals surface area (Å²) < 4.78 is 5.78. The predicted molar refractivity (Wildman–Crippen MR) is 119 cm³/mol. The molecule has 0 saturated heterocycles. The highest BCUT2D eigenvalue weighted by atomic mass is 32.2. The van der Waals surface area contributed by atoms with Gasteiger partial charge in [-0.1, -0.05) is 19.1 Å². The normalized spacial score (nSPS) is 20.4. The van der Waals surface area contributed by atoms with E-state index in [4.69, 9.17) is 4.74 Å². The van der Waals surface area contributed by atoms with Crippen molar-refractivity contribution in [2.45, 2.75) is 32.1 Å². The maximum Gasteiger partial charge on any atom is 0.274 e. The van der Waals surface area contributed by atoms with Crippen LogP contribution in [0.15, 0.2) is 65.5 Å². The van der Waals surface area contributed by atoms with Crippen LogP contribution in [0.2, 0.25) is 0 Å². The van der Waals surface area contributed by atoms with Gasteiger partial charge < -0.3 is 15.0 Å². The number of pyridine rings is 1. The molecule has 0 spiro atoms. The lowest BCUT2D eigenvalue weighted by molar-refractivity contribution is -0.404. The Bertz CT molecular complexity index is 880. The van der Waals surface area contributed by atoms with Crippen LogP contribution < -0.4 is 5.32 Å². The first-order valence-electron chi connectivity index (χ1n) is 9.82. The van der Waals surface area contributed by atoms with Gasteiger partial charge in [-0.15, -0.1) is 0 Å². The van der Waals surface area contributed by atoms with Crippen LogP contribution in [0.3, 0.4) is 0 Å². The van der Waals surface area contributed by atoms with Crippen molar-refractivity contribution >= 4 is 17.7 Å². The highest BCUT2D eigenvalue weighted by Gasteiger charge is 2.31. The third-order valence-corrected chi connectivity index (χ3v) is 5.54.